The van der Waals surface area contributed by atoms with Crippen molar-refractivity contribution in [3.8, 4) is 0 Å². The SMILES string of the molecule is CC(NS(=O)(=O)C1CCCCC1)c1cn[nH]c1. The molecular formula is C11H19N3O2S. The number of aromatic amines is 1. The van der Waals surface area contributed by atoms with E-state index in [0.717, 1.165) is 37.7 Å². The molecule has 2 N–H and O–H groups in total. The molecule has 5 nitrogen and oxygen atoms in total. The maximum atomic E-state index is 12.1. The number of sulfonamides is 1. The lowest BCUT2D eigenvalue weighted by Crippen LogP contribution is -2.36. The Labute approximate surface area is 102 Å². The van der Waals surface area contributed by atoms with Gasteiger partial charge >= 0.3 is 0 Å². The number of hydrogen-bond acceptors (Lipinski definition) is 3. The minimum atomic E-state index is -3.20. The van der Waals surface area contributed by atoms with Crippen LogP contribution in [0.2, 0.25) is 0 Å². The van der Waals surface area contributed by atoms with E-state index in [4.69, 9.17) is 0 Å². The molecule has 1 aliphatic carbocycles. The number of hydrogen-bond donors (Lipinski definition) is 2. The van der Waals surface area contributed by atoms with Gasteiger partial charge in [-0.2, -0.15) is 5.10 Å². The van der Waals surface area contributed by atoms with Crippen LogP contribution in [0.3, 0.4) is 0 Å². The molecule has 0 radical (unpaired) electrons. The Morgan fingerprint density at radius 3 is 2.71 bits per heavy atom. The van der Waals surface area contributed by atoms with Crippen molar-refractivity contribution >= 4 is 10.0 Å². The Balaban J connectivity index is 2.01. The summed E-state index contributed by atoms with van der Waals surface area (Å²) in [5.41, 5.74) is 0.865. The minimum Gasteiger partial charge on any atom is -0.285 e. The standard InChI is InChI=1S/C11H19N3O2S/c1-9(10-7-12-13-8-10)14-17(15,16)11-5-3-2-4-6-11/h7-9,11,14H,2-6H2,1H3,(H,12,13). The maximum Gasteiger partial charge on any atom is 0.215 e. The number of nitrogens with zero attached hydrogens (tertiary/aromatic N) is 1. The molecular weight excluding hydrogens is 238 g/mol. The molecule has 1 aromatic rings. The minimum absolute atomic E-state index is 0.217. The van der Waals surface area contributed by atoms with Gasteiger partial charge in [0.2, 0.25) is 10.0 Å². The molecule has 0 bridgehead atoms. The summed E-state index contributed by atoms with van der Waals surface area (Å²) in [5.74, 6) is 0. The fourth-order valence-corrected chi connectivity index (χ4v) is 4.06. The van der Waals surface area contributed by atoms with Gasteiger partial charge in [-0.1, -0.05) is 19.3 Å². The summed E-state index contributed by atoms with van der Waals surface area (Å²) in [6.45, 7) is 1.84. The molecule has 0 aromatic carbocycles. The van der Waals surface area contributed by atoms with Gasteiger partial charge in [-0.15, -0.1) is 0 Å². The summed E-state index contributed by atoms with van der Waals surface area (Å²) in [7, 11) is -3.20. The molecule has 1 unspecified atom stereocenters. The molecule has 1 aliphatic rings. The van der Waals surface area contributed by atoms with Crippen molar-refractivity contribution in [3.05, 3.63) is 18.0 Å². The van der Waals surface area contributed by atoms with E-state index in [1.165, 1.54) is 0 Å². The summed E-state index contributed by atoms with van der Waals surface area (Å²) in [4.78, 5) is 0. The van der Waals surface area contributed by atoms with Crippen LogP contribution in [0.1, 0.15) is 50.6 Å². The summed E-state index contributed by atoms with van der Waals surface area (Å²) in [5, 5.41) is 6.30. The number of rotatable bonds is 4. The first kappa shape index (κ1) is 12.6. The molecule has 0 amide bonds. The lowest BCUT2D eigenvalue weighted by Gasteiger charge is -2.23. The summed E-state index contributed by atoms with van der Waals surface area (Å²) < 4.78 is 27.0. The van der Waals surface area contributed by atoms with Gasteiger partial charge in [-0.25, -0.2) is 13.1 Å². The molecule has 1 atom stereocenters. The Morgan fingerprint density at radius 1 is 1.41 bits per heavy atom. The van der Waals surface area contributed by atoms with E-state index in [1.807, 2.05) is 6.92 Å². The lowest BCUT2D eigenvalue weighted by atomic mass is 10.0. The van der Waals surface area contributed by atoms with Gasteiger partial charge in [0.25, 0.3) is 0 Å². The topological polar surface area (TPSA) is 74.8 Å². The van der Waals surface area contributed by atoms with E-state index in [9.17, 15) is 8.42 Å². The first-order chi connectivity index (χ1) is 8.09. The van der Waals surface area contributed by atoms with E-state index in [0.29, 0.717) is 0 Å². The normalized spacial score (nSPS) is 20.3. The zero-order valence-corrected chi connectivity index (χ0v) is 10.8. The van der Waals surface area contributed by atoms with Crippen molar-refractivity contribution in [3.63, 3.8) is 0 Å². The van der Waals surface area contributed by atoms with Crippen molar-refractivity contribution in [1.82, 2.24) is 14.9 Å². The van der Waals surface area contributed by atoms with Gasteiger partial charge in [-0.05, 0) is 19.8 Å². The zero-order chi connectivity index (χ0) is 12.3. The molecule has 0 saturated heterocycles. The summed E-state index contributed by atoms with van der Waals surface area (Å²) in [6.07, 6.45) is 8.13. The van der Waals surface area contributed by atoms with Crippen LogP contribution >= 0.6 is 0 Å². The first-order valence-corrected chi connectivity index (χ1v) is 7.64. The van der Waals surface area contributed by atoms with Crippen molar-refractivity contribution in [1.29, 1.82) is 0 Å². The second-order valence-corrected chi connectivity index (χ2v) is 6.67. The average Bonchev–Trinajstić information content (AvgIpc) is 2.83. The summed E-state index contributed by atoms with van der Waals surface area (Å²) >= 11 is 0. The monoisotopic (exact) mass is 257 g/mol. The van der Waals surface area contributed by atoms with Crippen LogP contribution in [0.4, 0.5) is 0 Å². The maximum absolute atomic E-state index is 12.1. The smallest absolute Gasteiger partial charge is 0.215 e. The fraction of sp³-hybridized carbons (Fsp3) is 0.727. The highest BCUT2D eigenvalue weighted by atomic mass is 32.2. The second kappa shape index (κ2) is 5.18. The molecule has 0 aliphatic heterocycles. The molecule has 0 spiro atoms. The lowest BCUT2D eigenvalue weighted by molar-refractivity contribution is 0.473. The van der Waals surface area contributed by atoms with E-state index in [-0.39, 0.29) is 11.3 Å². The number of H-pyrrole nitrogens is 1. The van der Waals surface area contributed by atoms with Crippen molar-refractivity contribution in [2.45, 2.75) is 50.3 Å². The Morgan fingerprint density at radius 2 is 2.12 bits per heavy atom. The molecule has 1 heterocycles. The van der Waals surface area contributed by atoms with Gasteiger partial charge < -0.3 is 0 Å². The van der Waals surface area contributed by atoms with Crippen molar-refractivity contribution in [2.24, 2.45) is 0 Å². The average molecular weight is 257 g/mol. The molecule has 17 heavy (non-hydrogen) atoms. The van der Waals surface area contributed by atoms with Gasteiger partial charge in [0.1, 0.15) is 0 Å². The second-order valence-electron chi connectivity index (χ2n) is 4.68. The van der Waals surface area contributed by atoms with E-state index in [1.54, 1.807) is 12.4 Å². The van der Waals surface area contributed by atoms with Gasteiger partial charge in [0.05, 0.1) is 11.4 Å². The van der Waals surface area contributed by atoms with Crippen LogP contribution in [-0.4, -0.2) is 23.9 Å². The Hall–Kier alpha value is -0.880. The molecule has 1 saturated carbocycles. The highest BCUT2D eigenvalue weighted by Crippen LogP contribution is 2.24. The molecule has 96 valence electrons. The van der Waals surface area contributed by atoms with Crippen molar-refractivity contribution < 1.29 is 8.42 Å². The Kier molecular flexibility index (Phi) is 3.83. The third-order valence-corrected chi connectivity index (χ3v) is 5.38. The molecule has 6 heteroatoms. The molecule has 1 fully saturated rings. The van der Waals surface area contributed by atoms with Crippen LogP contribution in [0.25, 0.3) is 0 Å². The third-order valence-electron chi connectivity index (χ3n) is 3.35. The van der Waals surface area contributed by atoms with Gasteiger partial charge in [0, 0.05) is 17.8 Å². The Bertz CT molecular complexity index is 435. The van der Waals surface area contributed by atoms with Crippen LogP contribution in [0, 0.1) is 0 Å². The predicted octanol–water partition coefficient (Wildman–Crippen LogP) is 1.72. The highest BCUT2D eigenvalue weighted by Gasteiger charge is 2.28. The highest BCUT2D eigenvalue weighted by molar-refractivity contribution is 7.90. The third kappa shape index (κ3) is 3.07. The zero-order valence-electron chi connectivity index (χ0n) is 10.0. The van der Waals surface area contributed by atoms with E-state index < -0.39 is 10.0 Å². The van der Waals surface area contributed by atoms with E-state index in [2.05, 4.69) is 14.9 Å². The first-order valence-electron chi connectivity index (χ1n) is 6.09. The number of nitrogens with one attached hydrogen (secondary N) is 2. The molecule has 2 rings (SSSR count). The predicted molar refractivity (Wildman–Crippen MR) is 65.9 cm³/mol. The van der Waals surface area contributed by atoms with E-state index >= 15 is 0 Å². The molecule has 1 aromatic heterocycles. The van der Waals surface area contributed by atoms with Crippen LogP contribution in [0.5, 0.6) is 0 Å². The van der Waals surface area contributed by atoms with Crippen LogP contribution in [-0.2, 0) is 10.0 Å². The quantitative estimate of drug-likeness (QED) is 0.862. The largest absolute Gasteiger partial charge is 0.285 e. The van der Waals surface area contributed by atoms with Crippen LogP contribution in [0.15, 0.2) is 12.4 Å². The van der Waals surface area contributed by atoms with Crippen LogP contribution < -0.4 is 4.72 Å². The van der Waals surface area contributed by atoms with Gasteiger partial charge in [-0.3, -0.25) is 5.10 Å². The van der Waals surface area contributed by atoms with Crippen molar-refractivity contribution in [2.75, 3.05) is 0 Å². The number of aromatic nitrogens is 2. The summed E-state index contributed by atoms with van der Waals surface area (Å²) in [6, 6.07) is -0.222. The van der Waals surface area contributed by atoms with Gasteiger partial charge in [0.15, 0.2) is 0 Å². The fourth-order valence-electron chi connectivity index (χ4n) is 2.28.